The molecule has 1 aliphatic rings. The maximum Gasteiger partial charge on any atom is 0.472 e. The van der Waals surface area contributed by atoms with Gasteiger partial charge in [0.15, 0.2) is 6.10 Å². The van der Waals surface area contributed by atoms with Crippen molar-refractivity contribution in [1.82, 2.24) is 0 Å². The molecule has 7 N–H and O–H groups in total. The number of hydrogen-bond acceptors (Lipinski definition) is 14. The molecule has 4 unspecified atom stereocenters. The number of ether oxygens (including phenoxy) is 2. The highest BCUT2D eigenvalue weighted by Gasteiger charge is 2.54. The van der Waals surface area contributed by atoms with E-state index in [0.29, 0.717) is 12.8 Å². The lowest BCUT2D eigenvalue weighted by Crippen LogP contribution is -2.64. The number of aliphatic hydroxyl groups is 4. The molecule has 0 heterocycles. The number of rotatable bonds is 39. The van der Waals surface area contributed by atoms with Gasteiger partial charge in [-0.05, 0) is 25.0 Å². The normalized spacial score (nSPS) is 22.4. The summed E-state index contributed by atoms with van der Waals surface area (Å²) in [6.07, 6.45) is 14.7. The molecule has 356 valence electrons. The van der Waals surface area contributed by atoms with E-state index in [1.807, 2.05) is 0 Å². The van der Waals surface area contributed by atoms with Crippen LogP contribution in [-0.2, 0) is 41.8 Å². The first kappa shape index (κ1) is 57.4. The molecule has 0 spiro atoms. The van der Waals surface area contributed by atoms with Crippen LogP contribution in [0.1, 0.15) is 187 Å². The topological polar surface area (TPSA) is 256 Å². The zero-order valence-electron chi connectivity index (χ0n) is 36.1. The van der Waals surface area contributed by atoms with Crippen molar-refractivity contribution in [3.8, 4) is 0 Å². The molecule has 1 aliphatic carbocycles. The van der Waals surface area contributed by atoms with Crippen LogP contribution in [0.2, 0.25) is 0 Å². The number of esters is 2. The summed E-state index contributed by atoms with van der Waals surface area (Å²) in [7, 11) is -10.7. The van der Waals surface area contributed by atoms with Gasteiger partial charge in [0.1, 0.15) is 43.2 Å². The monoisotopic (exact) mass is 922 g/mol. The summed E-state index contributed by atoms with van der Waals surface area (Å²) < 4.78 is 49.3. The zero-order chi connectivity index (χ0) is 44.7. The Morgan fingerprint density at radius 2 is 0.900 bits per heavy atom. The Labute approximate surface area is 364 Å². The highest BCUT2D eigenvalue weighted by Crippen LogP contribution is 2.49. The Morgan fingerprint density at radius 1 is 0.517 bits per heavy atom. The van der Waals surface area contributed by atoms with Gasteiger partial charge in [0.25, 0.3) is 0 Å². The molecule has 0 amide bonds. The van der Waals surface area contributed by atoms with Crippen molar-refractivity contribution in [2.24, 2.45) is 0 Å². The predicted molar refractivity (Wildman–Crippen MR) is 231 cm³/mol. The van der Waals surface area contributed by atoms with Gasteiger partial charge in [-0.3, -0.25) is 23.2 Å². The average molecular weight is 923 g/mol. The van der Waals surface area contributed by atoms with Crippen molar-refractivity contribution in [2.45, 2.75) is 229 Å². The van der Waals surface area contributed by atoms with Crippen LogP contribution in [0.15, 0.2) is 0 Å². The van der Waals surface area contributed by atoms with Gasteiger partial charge < -0.3 is 44.6 Å². The number of carbonyl (C=O) groups excluding carboxylic acids is 2. The molecule has 0 aromatic carbocycles. The molecule has 0 aromatic rings. The van der Waals surface area contributed by atoms with Crippen LogP contribution >= 0.6 is 28.3 Å². The van der Waals surface area contributed by atoms with Crippen LogP contribution in [0.5, 0.6) is 0 Å². The molecule has 0 bridgehead atoms. The van der Waals surface area contributed by atoms with E-state index in [1.165, 1.54) is 103 Å². The van der Waals surface area contributed by atoms with E-state index in [4.69, 9.17) is 28.3 Å². The SMILES string of the molecule is CCCCCCCCCCCCCCCC(=O)O[C@H](COC(=O)CCCCCCCCCCCCCCCS)COP(=O)(O)OC1C(O)[C@@H](OP(=O)(O)O)C(O)[C@@H](O)[C@H]1O. The second-order valence-corrected chi connectivity index (χ2v) is 19.3. The van der Waals surface area contributed by atoms with Crippen LogP contribution in [-0.4, -0.2) is 109 Å². The third-order valence-corrected chi connectivity index (χ3v) is 12.6. The average Bonchev–Trinajstić information content (AvgIpc) is 3.20. The molecule has 1 fully saturated rings. The standard InChI is InChI=1S/C41H80O16P2S/c1-2-3-4-5-6-7-8-10-14-17-20-23-26-29-35(43)55-33(31-53-34(42)28-25-22-19-16-13-11-9-12-15-18-21-24-27-30-60)32-54-59(51,52)57-41-38(46)36(44)37(45)40(39(41)47)56-58(48,49)50/h33,36-41,44-47,60H,2-32H2,1H3,(H,51,52)(H2,48,49,50)/t33-,36-,37?,38-,39?,40+,41?/m1/s1. The van der Waals surface area contributed by atoms with Gasteiger partial charge in [-0.15, -0.1) is 0 Å². The Hall–Kier alpha value is -0.650. The second kappa shape index (κ2) is 34.7. The van der Waals surface area contributed by atoms with Gasteiger partial charge in [-0.1, -0.05) is 155 Å². The summed E-state index contributed by atoms with van der Waals surface area (Å²) in [5.74, 6) is -0.241. The number of hydrogen-bond donors (Lipinski definition) is 8. The number of aliphatic hydroxyl groups excluding tert-OH is 4. The van der Waals surface area contributed by atoms with Gasteiger partial charge in [-0.25, -0.2) is 9.13 Å². The molecule has 19 heteroatoms. The second-order valence-electron chi connectivity index (χ2n) is 16.2. The van der Waals surface area contributed by atoms with E-state index in [9.17, 15) is 44.0 Å². The zero-order valence-corrected chi connectivity index (χ0v) is 38.8. The number of carbonyl (C=O) groups is 2. The fraction of sp³-hybridized carbons (Fsp3) is 0.951. The quantitative estimate of drug-likeness (QED) is 0.0127. The smallest absolute Gasteiger partial charge is 0.462 e. The third kappa shape index (κ3) is 28.9. The molecule has 8 atom stereocenters. The van der Waals surface area contributed by atoms with Crippen molar-refractivity contribution < 1.29 is 76.9 Å². The number of phosphoric acid groups is 2. The fourth-order valence-corrected chi connectivity index (χ4v) is 8.95. The van der Waals surface area contributed by atoms with Crippen LogP contribution in [0, 0.1) is 0 Å². The predicted octanol–water partition coefficient (Wildman–Crippen LogP) is 7.75. The first-order valence-electron chi connectivity index (χ1n) is 22.7. The molecule has 1 rings (SSSR count). The number of phosphoric ester groups is 2. The minimum atomic E-state index is -5.36. The number of thiol groups is 1. The van der Waals surface area contributed by atoms with Gasteiger partial charge in [0, 0.05) is 12.8 Å². The lowest BCUT2D eigenvalue weighted by atomic mass is 9.85. The van der Waals surface area contributed by atoms with Crippen molar-refractivity contribution in [3.63, 3.8) is 0 Å². The van der Waals surface area contributed by atoms with Crippen molar-refractivity contribution >= 4 is 40.2 Å². The third-order valence-electron chi connectivity index (χ3n) is 10.7. The highest BCUT2D eigenvalue weighted by molar-refractivity contribution is 7.80. The Morgan fingerprint density at radius 3 is 1.32 bits per heavy atom. The molecule has 0 aromatic heterocycles. The summed E-state index contributed by atoms with van der Waals surface area (Å²) in [5.41, 5.74) is 0. The molecule has 0 saturated heterocycles. The first-order chi connectivity index (χ1) is 28.6. The van der Waals surface area contributed by atoms with Crippen molar-refractivity contribution in [1.29, 1.82) is 0 Å². The Bertz CT molecular complexity index is 1200. The largest absolute Gasteiger partial charge is 0.472 e. The lowest BCUT2D eigenvalue weighted by Gasteiger charge is -2.43. The summed E-state index contributed by atoms with van der Waals surface area (Å²) in [6.45, 7) is 0.883. The summed E-state index contributed by atoms with van der Waals surface area (Å²) >= 11 is 4.25. The highest BCUT2D eigenvalue weighted by atomic mass is 32.1. The summed E-state index contributed by atoms with van der Waals surface area (Å²) in [6, 6.07) is 0. The molecule has 1 saturated carbocycles. The van der Waals surface area contributed by atoms with E-state index in [-0.39, 0.29) is 12.8 Å². The maximum atomic E-state index is 12.9. The summed E-state index contributed by atoms with van der Waals surface area (Å²) in [4.78, 5) is 54.1. The minimum absolute atomic E-state index is 0.0494. The molecular formula is C41H80O16P2S. The van der Waals surface area contributed by atoms with E-state index in [2.05, 4.69) is 24.1 Å². The molecule has 0 aliphatic heterocycles. The fourth-order valence-electron chi connectivity index (χ4n) is 7.18. The van der Waals surface area contributed by atoms with Crippen molar-refractivity contribution in [3.05, 3.63) is 0 Å². The van der Waals surface area contributed by atoms with Crippen molar-refractivity contribution in [2.75, 3.05) is 19.0 Å². The first-order valence-corrected chi connectivity index (χ1v) is 26.4. The van der Waals surface area contributed by atoms with E-state index in [1.54, 1.807) is 0 Å². The van der Waals surface area contributed by atoms with Gasteiger partial charge in [-0.2, -0.15) is 12.6 Å². The van der Waals surface area contributed by atoms with Gasteiger partial charge in [0.05, 0.1) is 6.61 Å². The molecule has 16 nitrogen and oxygen atoms in total. The molecular weight excluding hydrogens is 842 g/mol. The maximum absolute atomic E-state index is 12.9. The molecule has 0 radical (unpaired) electrons. The minimum Gasteiger partial charge on any atom is -0.462 e. The Kier molecular flexibility index (Phi) is 33.2. The van der Waals surface area contributed by atoms with E-state index >= 15 is 0 Å². The van der Waals surface area contributed by atoms with Gasteiger partial charge >= 0.3 is 27.6 Å². The lowest BCUT2D eigenvalue weighted by molar-refractivity contribution is -0.216. The van der Waals surface area contributed by atoms with Crippen LogP contribution < -0.4 is 0 Å². The van der Waals surface area contributed by atoms with E-state index in [0.717, 1.165) is 57.1 Å². The Balaban J connectivity index is 2.60. The van der Waals surface area contributed by atoms with Crippen LogP contribution in [0.25, 0.3) is 0 Å². The molecule has 60 heavy (non-hydrogen) atoms. The van der Waals surface area contributed by atoms with Crippen LogP contribution in [0.3, 0.4) is 0 Å². The number of unbranched alkanes of at least 4 members (excludes halogenated alkanes) is 24. The van der Waals surface area contributed by atoms with E-state index < -0.39 is 83.5 Å². The van der Waals surface area contributed by atoms with Gasteiger partial charge in [0.2, 0.25) is 0 Å². The van der Waals surface area contributed by atoms with Crippen LogP contribution in [0.4, 0.5) is 0 Å². The summed E-state index contributed by atoms with van der Waals surface area (Å²) in [5, 5.41) is 41.2.